The van der Waals surface area contributed by atoms with Gasteiger partial charge >= 0.3 is 0 Å². The Labute approximate surface area is 108 Å². The quantitative estimate of drug-likeness (QED) is 0.766. The van der Waals surface area contributed by atoms with E-state index in [-0.39, 0.29) is 0 Å². The van der Waals surface area contributed by atoms with Crippen molar-refractivity contribution in [3.8, 4) is 0 Å². The normalized spacial score (nSPS) is 22.8. The van der Waals surface area contributed by atoms with E-state index in [0.29, 0.717) is 5.41 Å². The van der Waals surface area contributed by atoms with Gasteiger partial charge in [-0.3, -0.25) is 0 Å². The maximum absolute atomic E-state index is 3.53. The Morgan fingerprint density at radius 3 is 2.12 bits per heavy atom. The summed E-state index contributed by atoms with van der Waals surface area (Å²) in [6.45, 7) is 13.1. The second-order valence-corrected chi connectivity index (χ2v) is 5.99. The van der Waals surface area contributed by atoms with Gasteiger partial charge in [0.1, 0.15) is 0 Å². The minimum absolute atomic E-state index is 0.454. The molecule has 0 amide bonds. The van der Waals surface area contributed by atoms with Crippen molar-refractivity contribution < 1.29 is 0 Å². The maximum Gasteiger partial charge on any atom is 0.00474 e. The highest BCUT2D eigenvalue weighted by Gasteiger charge is 2.24. The first-order valence-corrected chi connectivity index (χ1v) is 7.63. The fourth-order valence-corrected chi connectivity index (χ4v) is 2.73. The molecule has 0 spiro atoms. The molecule has 1 aliphatic rings. The van der Waals surface area contributed by atoms with Crippen LogP contribution >= 0.6 is 0 Å². The molecule has 2 heteroatoms. The van der Waals surface area contributed by atoms with Gasteiger partial charge in [-0.2, -0.15) is 0 Å². The molecule has 2 nitrogen and oxygen atoms in total. The van der Waals surface area contributed by atoms with Crippen molar-refractivity contribution >= 4 is 0 Å². The maximum atomic E-state index is 3.53. The number of rotatable bonds is 6. The number of hydrogen-bond acceptors (Lipinski definition) is 2. The molecule has 1 heterocycles. The van der Waals surface area contributed by atoms with Gasteiger partial charge in [0, 0.05) is 13.1 Å². The van der Waals surface area contributed by atoms with Crippen LogP contribution in [0.1, 0.15) is 59.3 Å². The SMILES string of the molecule is CCNCC(C)(CC)CN1CCCCCCC1. The van der Waals surface area contributed by atoms with Crippen LogP contribution in [0, 0.1) is 5.41 Å². The lowest BCUT2D eigenvalue weighted by molar-refractivity contribution is 0.145. The van der Waals surface area contributed by atoms with Crippen molar-refractivity contribution in [2.24, 2.45) is 5.41 Å². The summed E-state index contributed by atoms with van der Waals surface area (Å²) in [5, 5.41) is 3.53. The van der Waals surface area contributed by atoms with Gasteiger partial charge in [-0.05, 0) is 44.3 Å². The van der Waals surface area contributed by atoms with E-state index in [1.807, 2.05) is 0 Å². The Morgan fingerprint density at radius 1 is 1.00 bits per heavy atom. The minimum Gasteiger partial charge on any atom is -0.316 e. The molecule has 1 atom stereocenters. The molecule has 0 bridgehead atoms. The Kier molecular flexibility index (Phi) is 7.14. The van der Waals surface area contributed by atoms with Crippen molar-refractivity contribution in [2.75, 3.05) is 32.7 Å². The van der Waals surface area contributed by atoms with E-state index < -0.39 is 0 Å². The highest BCUT2D eigenvalue weighted by atomic mass is 15.1. The average molecular weight is 240 g/mol. The number of nitrogens with one attached hydrogen (secondary N) is 1. The van der Waals surface area contributed by atoms with E-state index in [2.05, 4.69) is 31.0 Å². The van der Waals surface area contributed by atoms with Crippen molar-refractivity contribution in [1.82, 2.24) is 10.2 Å². The van der Waals surface area contributed by atoms with E-state index in [1.54, 1.807) is 0 Å². The summed E-state index contributed by atoms with van der Waals surface area (Å²) in [6, 6.07) is 0. The van der Waals surface area contributed by atoms with Gasteiger partial charge in [-0.25, -0.2) is 0 Å². The van der Waals surface area contributed by atoms with E-state index >= 15 is 0 Å². The van der Waals surface area contributed by atoms with Gasteiger partial charge in [0.05, 0.1) is 0 Å². The van der Waals surface area contributed by atoms with E-state index in [4.69, 9.17) is 0 Å². The minimum atomic E-state index is 0.454. The van der Waals surface area contributed by atoms with Crippen molar-refractivity contribution in [3.63, 3.8) is 0 Å². The van der Waals surface area contributed by atoms with Crippen LogP contribution < -0.4 is 5.32 Å². The van der Waals surface area contributed by atoms with Gasteiger partial charge in [-0.15, -0.1) is 0 Å². The lowest BCUT2D eigenvalue weighted by atomic mass is 9.86. The third kappa shape index (κ3) is 5.87. The second-order valence-electron chi connectivity index (χ2n) is 5.99. The number of nitrogens with zero attached hydrogens (tertiary/aromatic N) is 1. The molecule has 1 rings (SSSR count). The third-order valence-corrected chi connectivity index (χ3v) is 4.21. The molecule has 1 unspecified atom stereocenters. The molecule has 0 aromatic rings. The molecular formula is C15H32N2. The van der Waals surface area contributed by atoms with E-state index in [9.17, 15) is 0 Å². The fourth-order valence-electron chi connectivity index (χ4n) is 2.73. The van der Waals surface area contributed by atoms with Crippen LogP contribution in [0.3, 0.4) is 0 Å². The van der Waals surface area contributed by atoms with Gasteiger partial charge < -0.3 is 10.2 Å². The molecule has 102 valence electrons. The predicted molar refractivity (Wildman–Crippen MR) is 76.5 cm³/mol. The topological polar surface area (TPSA) is 15.3 Å². The first-order valence-electron chi connectivity index (χ1n) is 7.63. The van der Waals surface area contributed by atoms with Crippen LogP contribution in [0.25, 0.3) is 0 Å². The molecule has 0 saturated carbocycles. The summed E-state index contributed by atoms with van der Waals surface area (Å²) in [7, 11) is 0. The van der Waals surface area contributed by atoms with Crippen molar-refractivity contribution in [1.29, 1.82) is 0 Å². The first kappa shape index (κ1) is 15.0. The summed E-state index contributed by atoms with van der Waals surface area (Å²) in [4.78, 5) is 2.71. The van der Waals surface area contributed by atoms with E-state index in [1.165, 1.54) is 58.2 Å². The largest absolute Gasteiger partial charge is 0.316 e. The predicted octanol–water partition coefficient (Wildman–Crippen LogP) is 3.28. The Morgan fingerprint density at radius 2 is 1.59 bits per heavy atom. The van der Waals surface area contributed by atoms with Crippen LogP contribution in [-0.2, 0) is 0 Å². The summed E-state index contributed by atoms with van der Waals surface area (Å²) in [6.07, 6.45) is 8.41. The highest BCUT2D eigenvalue weighted by Crippen LogP contribution is 2.23. The zero-order valence-corrected chi connectivity index (χ0v) is 12.2. The zero-order chi connectivity index (χ0) is 12.6. The summed E-state index contributed by atoms with van der Waals surface area (Å²) < 4.78 is 0. The molecule has 17 heavy (non-hydrogen) atoms. The summed E-state index contributed by atoms with van der Waals surface area (Å²) in [5.41, 5.74) is 0.454. The molecule has 0 aliphatic carbocycles. The van der Waals surface area contributed by atoms with Crippen LogP contribution in [-0.4, -0.2) is 37.6 Å². The van der Waals surface area contributed by atoms with Crippen LogP contribution in [0.4, 0.5) is 0 Å². The monoisotopic (exact) mass is 240 g/mol. The lowest BCUT2D eigenvalue weighted by Gasteiger charge is -2.36. The van der Waals surface area contributed by atoms with Gasteiger partial charge in [0.2, 0.25) is 0 Å². The summed E-state index contributed by atoms with van der Waals surface area (Å²) >= 11 is 0. The van der Waals surface area contributed by atoms with Crippen LogP contribution in [0.5, 0.6) is 0 Å². The molecule has 1 saturated heterocycles. The van der Waals surface area contributed by atoms with Crippen LogP contribution in [0.2, 0.25) is 0 Å². The molecular weight excluding hydrogens is 208 g/mol. The Bertz CT molecular complexity index is 185. The van der Waals surface area contributed by atoms with E-state index in [0.717, 1.165) is 13.1 Å². The van der Waals surface area contributed by atoms with Gasteiger partial charge in [0.15, 0.2) is 0 Å². The number of likely N-dealkylation sites (tertiary alicyclic amines) is 1. The summed E-state index contributed by atoms with van der Waals surface area (Å²) in [5.74, 6) is 0. The van der Waals surface area contributed by atoms with Gasteiger partial charge in [-0.1, -0.05) is 40.0 Å². The Balaban J connectivity index is 2.40. The third-order valence-electron chi connectivity index (χ3n) is 4.21. The Hall–Kier alpha value is -0.0800. The smallest absolute Gasteiger partial charge is 0.00474 e. The molecule has 1 aliphatic heterocycles. The average Bonchev–Trinajstić information content (AvgIpc) is 2.30. The standard InChI is InChI=1S/C15H32N2/c1-4-15(3,13-16-5-2)14-17-11-9-7-6-8-10-12-17/h16H,4-14H2,1-3H3. The zero-order valence-electron chi connectivity index (χ0n) is 12.2. The van der Waals surface area contributed by atoms with Crippen molar-refractivity contribution in [2.45, 2.75) is 59.3 Å². The highest BCUT2D eigenvalue weighted by molar-refractivity contribution is 4.80. The van der Waals surface area contributed by atoms with Crippen molar-refractivity contribution in [3.05, 3.63) is 0 Å². The second kappa shape index (κ2) is 8.10. The molecule has 0 aromatic carbocycles. The molecule has 1 N–H and O–H groups in total. The molecule has 0 aromatic heterocycles. The first-order chi connectivity index (χ1) is 8.20. The molecule has 0 radical (unpaired) electrons. The molecule has 1 fully saturated rings. The number of hydrogen-bond donors (Lipinski definition) is 1. The lowest BCUT2D eigenvalue weighted by Crippen LogP contribution is -2.43. The van der Waals surface area contributed by atoms with Crippen LogP contribution in [0.15, 0.2) is 0 Å². The van der Waals surface area contributed by atoms with Gasteiger partial charge in [0.25, 0.3) is 0 Å². The fraction of sp³-hybridized carbons (Fsp3) is 1.00.